The van der Waals surface area contributed by atoms with E-state index in [4.69, 9.17) is 4.74 Å². The van der Waals surface area contributed by atoms with Gasteiger partial charge in [-0.1, -0.05) is 0 Å². The summed E-state index contributed by atoms with van der Waals surface area (Å²) in [5, 5.41) is 4.03. The molecular formula is C13H15N5O2. The standard InChI is InChI=1S/C13H15N5O2/c19-13(10-18-6-1-3-16-18)17-7-2-11(9-17)20-12-8-14-4-5-15-12/h1,3-6,8,11H,2,7,9-10H2/t11-/m1/s1. The second-order valence-electron chi connectivity index (χ2n) is 4.62. The van der Waals surface area contributed by atoms with E-state index in [0.717, 1.165) is 6.42 Å². The molecule has 1 aliphatic rings. The van der Waals surface area contributed by atoms with Gasteiger partial charge in [-0.25, -0.2) is 4.98 Å². The van der Waals surface area contributed by atoms with Gasteiger partial charge in [-0.2, -0.15) is 5.10 Å². The third kappa shape index (κ3) is 2.93. The molecule has 0 radical (unpaired) electrons. The molecule has 0 N–H and O–H groups in total. The van der Waals surface area contributed by atoms with Gasteiger partial charge in [0.05, 0.1) is 12.7 Å². The minimum atomic E-state index is -0.0201. The maximum Gasteiger partial charge on any atom is 0.244 e. The topological polar surface area (TPSA) is 73.1 Å². The molecule has 0 aliphatic carbocycles. The molecule has 0 spiro atoms. The van der Waals surface area contributed by atoms with Gasteiger partial charge in [0.1, 0.15) is 12.6 Å². The Kier molecular flexibility index (Phi) is 3.58. The van der Waals surface area contributed by atoms with Crippen molar-refractivity contribution >= 4 is 5.91 Å². The number of ether oxygens (including phenoxy) is 1. The molecule has 104 valence electrons. The first kappa shape index (κ1) is 12.6. The summed E-state index contributed by atoms with van der Waals surface area (Å²) >= 11 is 0. The monoisotopic (exact) mass is 273 g/mol. The maximum atomic E-state index is 12.1. The molecule has 0 bridgehead atoms. The lowest BCUT2D eigenvalue weighted by Crippen LogP contribution is -2.33. The number of nitrogens with zero attached hydrogens (tertiary/aromatic N) is 5. The molecule has 0 unspecified atom stereocenters. The van der Waals surface area contributed by atoms with Gasteiger partial charge in [-0.15, -0.1) is 0 Å². The number of likely N-dealkylation sites (tertiary alicyclic amines) is 1. The van der Waals surface area contributed by atoms with Gasteiger partial charge >= 0.3 is 0 Å². The highest BCUT2D eigenvalue weighted by molar-refractivity contribution is 5.76. The van der Waals surface area contributed by atoms with Crippen LogP contribution in [0.3, 0.4) is 0 Å². The molecule has 1 atom stereocenters. The van der Waals surface area contributed by atoms with Crippen LogP contribution in [0.25, 0.3) is 0 Å². The predicted molar refractivity (Wildman–Crippen MR) is 69.9 cm³/mol. The molecule has 1 fully saturated rings. The highest BCUT2D eigenvalue weighted by atomic mass is 16.5. The lowest BCUT2D eigenvalue weighted by molar-refractivity contribution is -0.131. The molecular weight excluding hydrogens is 258 g/mol. The zero-order valence-corrected chi connectivity index (χ0v) is 10.9. The van der Waals surface area contributed by atoms with Crippen molar-refractivity contribution in [2.45, 2.75) is 19.1 Å². The number of hydrogen-bond acceptors (Lipinski definition) is 5. The lowest BCUT2D eigenvalue weighted by Gasteiger charge is -2.16. The van der Waals surface area contributed by atoms with Crippen LogP contribution < -0.4 is 4.74 Å². The molecule has 1 amide bonds. The van der Waals surface area contributed by atoms with Crippen LogP contribution in [0.4, 0.5) is 0 Å². The van der Waals surface area contributed by atoms with Crippen molar-refractivity contribution in [3.05, 3.63) is 37.1 Å². The van der Waals surface area contributed by atoms with E-state index in [1.54, 1.807) is 46.6 Å². The van der Waals surface area contributed by atoms with Crippen LogP contribution in [0, 0.1) is 0 Å². The summed E-state index contributed by atoms with van der Waals surface area (Å²) in [6, 6.07) is 1.80. The molecule has 0 aromatic carbocycles. The van der Waals surface area contributed by atoms with Gasteiger partial charge in [-0.3, -0.25) is 14.5 Å². The van der Waals surface area contributed by atoms with Gasteiger partial charge in [0, 0.05) is 37.8 Å². The Hall–Kier alpha value is -2.44. The van der Waals surface area contributed by atoms with E-state index in [9.17, 15) is 4.79 Å². The minimum Gasteiger partial charge on any atom is -0.471 e. The molecule has 20 heavy (non-hydrogen) atoms. The van der Waals surface area contributed by atoms with Crippen LogP contribution >= 0.6 is 0 Å². The van der Waals surface area contributed by atoms with Crippen molar-refractivity contribution in [3.63, 3.8) is 0 Å². The minimum absolute atomic E-state index is 0.0201. The Morgan fingerprint density at radius 3 is 3.10 bits per heavy atom. The van der Waals surface area contributed by atoms with Crippen molar-refractivity contribution in [3.8, 4) is 5.88 Å². The predicted octanol–water partition coefficient (Wildman–Crippen LogP) is 0.353. The number of carbonyl (C=O) groups excluding carboxylic acids is 1. The SMILES string of the molecule is O=C(Cn1cccn1)N1CC[C@@H](Oc2cnccn2)C1. The van der Waals surface area contributed by atoms with Crippen molar-refractivity contribution in [2.75, 3.05) is 13.1 Å². The Morgan fingerprint density at radius 1 is 1.40 bits per heavy atom. The molecule has 7 heteroatoms. The smallest absolute Gasteiger partial charge is 0.244 e. The van der Waals surface area contributed by atoms with E-state index in [1.165, 1.54) is 0 Å². The Balaban J connectivity index is 1.53. The summed E-state index contributed by atoms with van der Waals surface area (Å²) in [7, 11) is 0. The molecule has 3 rings (SSSR count). The average molecular weight is 273 g/mol. The van der Waals surface area contributed by atoms with Crippen molar-refractivity contribution in [1.82, 2.24) is 24.6 Å². The first-order valence-corrected chi connectivity index (χ1v) is 6.49. The van der Waals surface area contributed by atoms with Gasteiger partial charge in [0.25, 0.3) is 0 Å². The molecule has 2 aromatic rings. The molecule has 1 saturated heterocycles. The van der Waals surface area contributed by atoms with Gasteiger partial charge in [0.2, 0.25) is 11.8 Å². The fourth-order valence-electron chi connectivity index (χ4n) is 2.20. The lowest BCUT2D eigenvalue weighted by atomic mass is 10.3. The van der Waals surface area contributed by atoms with Crippen LogP contribution in [-0.4, -0.2) is 49.7 Å². The summed E-state index contributed by atoms with van der Waals surface area (Å²) in [5.41, 5.74) is 0. The number of rotatable bonds is 4. The fourth-order valence-corrected chi connectivity index (χ4v) is 2.20. The van der Waals surface area contributed by atoms with Gasteiger partial charge < -0.3 is 9.64 Å². The summed E-state index contributed by atoms with van der Waals surface area (Å²) in [5.74, 6) is 0.554. The van der Waals surface area contributed by atoms with Crippen molar-refractivity contribution < 1.29 is 9.53 Å². The normalized spacial score (nSPS) is 18.2. The highest BCUT2D eigenvalue weighted by Gasteiger charge is 2.27. The number of aromatic nitrogens is 4. The Labute approximate surface area is 116 Å². The van der Waals surface area contributed by atoms with Crippen LogP contribution in [-0.2, 0) is 11.3 Å². The largest absolute Gasteiger partial charge is 0.471 e. The number of carbonyl (C=O) groups is 1. The second kappa shape index (κ2) is 5.68. The first-order valence-electron chi connectivity index (χ1n) is 6.49. The zero-order chi connectivity index (χ0) is 13.8. The fraction of sp³-hybridized carbons (Fsp3) is 0.385. The number of hydrogen-bond donors (Lipinski definition) is 0. The first-order chi connectivity index (χ1) is 9.81. The van der Waals surface area contributed by atoms with E-state index in [0.29, 0.717) is 19.0 Å². The maximum absolute atomic E-state index is 12.1. The Bertz CT molecular complexity index is 557. The van der Waals surface area contributed by atoms with Gasteiger partial charge in [-0.05, 0) is 6.07 Å². The van der Waals surface area contributed by atoms with E-state index in [2.05, 4.69) is 15.1 Å². The third-order valence-corrected chi connectivity index (χ3v) is 3.18. The van der Waals surface area contributed by atoms with Crippen LogP contribution in [0.15, 0.2) is 37.1 Å². The number of amides is 1. The van der Waals surface area contributed by atoms with E-state index in [1.807, 2.05) is 0 Å². The zero-order valence-electron chi connectivity index (χ0n) is 10.9. The highest BCUT2D eigenvalue weighted by Crippen LogP contribution is 2.15. The second-order valence-corrected chi connectivity index (χ2v) is 4.62. The summed E-state index contributed by atoms with van der Waals surface area (Å²) < 4.78 is 7.33. The van der Waals surface area contributed by atoms with E-state index < -0.39 is 0 Å². The van der Waals surface area contributed by atoms with Crippen LogP contribution in [0.2, 0.25) is 0 Å². The van der Waals surface area contributed by atoms with Gasteiger partial charge in [0.15, 0.2) is 0 Å². The Morgan fingerprint density at radius 2 is 2.35 bits per heavy atom. The summed E-state index contributed by atoms with van der Waals surface area (Å²) in [6.45, 7) is 1.55. The average Bonchev–Trinajstić information content (AvgIpc) is 3.11. The molecule has 2 aromatic heterocycles. The van der Waals surface area contributed by atoms with Crippen LogP contribution in [0.5, 0.6) is 5.88 Å². The van der Waals surface area contributed by atoms with E-state index in [-0.39, 0.29) is 18.6 Å². The molecule has 0 saturated carbocycles. The molecule has 7 nitrogen and oxygen atoms in total. The molecule has 3 heterocycles. The quantitative estimate of drug-likeness (QED) is 0.804. The third-order valence-electron chi connectivity index (χ3n) is 3.18. The van der Waals surface area contributed by atoms with Crippen LogP contribution in [0.1, 0.15) is 6.42 Å². The molecule has 1 aliphatic heterocycles. The van der Waals surface area contributed by atoms with Crippen molar-refractivity contribution in [2.24, 2.45) is 0 Å². The van der Waals surface area contributed by atoms with E-state index >= 15 is 0 Å². The summed E-state index contributed by atoms with van der Waals surface area (Å²) in [6.07, 6.45) is 8.99. The summed E-state index contributed by atoms with van der Waals surface area (Å²) in [4.78, 5) is 21.9. The van der Waals surface area contributed by atoms with Crippen molar-refractivity contribution in [1.29, 1.82) is 0 Å².